The highest BCUT2D eigenvalue weighted by Gasteiger charge is 2.23. The second-order valence-electron chi connectivity index (χ2n) is 6.24. The lowest BCUT2D eigenvalue weighted by atomic mass is 10.1. The quantitative estimate of drug-likeness (QED) is 0.763. The van der Waals surface area contributed by atoms with E-state index >= 15 is 0 Å². The molecule has 0 aliphatic carbocycles. The first-order chi connectivity index (χ1) is 12.2. The van der Waals surface area contributed by atoms with Crippen LogP contribution in [0.3, 0.4) is 0 Å². The number of hydrogen-bond acceptors (Lipinski definition) is 6. The topological polar surface area (TPSA) is 72.7 Å². The van der Waals surface area contributed by atoms with E-state index in [1.165, 1.54) is 0 Å². The fourth-order valence-electron chi connectivity index (χ4n) is 3.15. The van der Waals surface area contributed by atoms with Crippen LogP contribution < -0.4 is 5.32 Å². The zero-order chi connectivity index (χ0) is 17.2. The molecule has 1 unspecified atom stereocenters. The number of thiazole rings is 1. The van der Waals surface area contributed by atoms with Gasteiger partial charge in [-0.1, -0.05) is 0 Å². The van der Waals surface area contributed by atoms with Gasteiger partial charge in [0, 0.05) is 24.4 Å². The predicted octanol–water partition coefficient (Wildman–Crippen LogP) is 2.84. The number of hydrogen-bond donors (Lipinski definition) is 1. The molecule has 6 nitrogen and oxygen atoms in total. The molecule has 3 aromatic heterocycles. The number of amides is 1. The standard InChI is InChI=1S/C17H19N5OS2/c1-11-18-14(10-25-11)17-21-20-15-3-2-13(4-6-22(15)17)19-16(23)8-12-5-7-24-9-12/h5,7,9-10,13H,2-4,6,8H2,1H3,(H,19,23). The van der Waals surface area contributed by atoms with Crippen LogP contribution in [0.2, 0.25) is 0 Å². The SMILES string of the molecule is Cc1nc(-c2nnc3n2CCC(NC(=O)Cc2ccsc2)CC3)cs1. The number of nitrogens with zero attached hydrogens (tertiary/aromatic N) is 4. The van der Waals surface area contributed by atoms with Gasteiger partial charge in [0.1, 0.15) is 11.5 Å². The predicted molar refractivity (Wildman–Crippen MR) is 98.8 cm³/mol. The highest BCUT2D eigenvalue weighted by Crippen LogP contribution is 2.24. The second kappa shape index (κ2) is 7.05. The zero-order valence-electron chi connectivity index (χ0n) is 13.9. The molecule has 25 heavy (non-hydrogen) atoms. The van der Waals surface area contributed by atoms with Gasteiger partial charge < -0.3 is 9.88 Å². The average molecular weight is 374 g/mol. The molecule has 1 aliphatic rings. The van der Waals surface area contributed by atoms with Gasteiger partial charge in [-0.25, -0.2) is 4.98 Å². The van der Waals surface area contributed by atoms with E-state index < -0.39 is 0 Å². The lowest BCUT2D eigenvalue weighted by Crippen LogP contribution is -2.36. The Morgan fingerprint density at radius 1 is 1.36 bits per heavy atom. The lowest BCUT2D eigenvalue weighted by Gasteiger charge is -2.16. The van der Waals surface area contributed by atoms with Crippen molar-refractivity contribution >= 4 is 28.6 Å². The number of rotatable bonds is 4. The van der Waals surface area contributed by atoms with Crippen LogP contribution in [0.4, 0.5) is 0 Å². The maximum absolute atomic E-state index is 12.2. The first kappa shape index (κ1) is 16.4. The number of nitrogens with one attached hydrogen (secondary N) is 1. The molecule has 0 radical (unpaired) electrons. The van der Waals surface area contributed by atoms with Gasteiger partial charge >= 0.3 is 0 Å². The second-order valence-corrected chi connectivity index (χ2v) is 8.09. The maximum Gasteiger partial charge on any atom is 0.224 e. The molecule has 8 heteroatoms. The number of fused-ring (bicyclic) bond motifs is 1. The van der Waals surface area contributed by atoms with Crippen molar-refractivity contribution in [3.05, 3.63) is 38.6 Å². The van der Waals surface area contributed by atoms with Gasteiger partial charge in [0.15, 0.2) is 5.82 Å². The number of carbonyl (C=O) groups is 1. The molecule has 0 saturated carbocycles. The Bertz CT molecular complexity index is 868. The number of aryl methyl sites for hydroxylation is 2. The summed E-state index contributed by atoms with van der Waals surface area (Å²) in [6.07, 6.45) is 3.05. The van der Waals surface area contributed by atoms with Gasteiger partial charge in [0.2, 0.25) is 5.91 Å². The van der Waals surface area contributed by atoms with Gasteiger partial charge in [-0.05, 0) is 42.2 Å². The molecule has 4 rings (SSSR count). The number of thiophene rings is 1. The minimum absolute atomic E-state index is 0.0939. The van der Waals surface area contributed by atoms with E-state index in [1.54, 1.807) is 22.7 Å². The molecule has 1 aliphatic heterocycles. The third-order valence-electron chi connectivity index (χ3n) is 4.40. The number of aromatic nitrogens is 4. The molecule has 0 bridgehead atoms. The van der Waals surface area contributed by atoms with Crippen LogP contribution in [0.25, 0.3) is 11.5 Å². The van der Waals surface area contributed by atoms with Gasteiger partial charge in [-0.3, -0.25) is 4.79 Å². The van der Waals surface area contributed by atoms with E-state index in [9.17, 15) is 4.79 Å². The molecule has 0 aromatic carbocycles. The molecule has 130 valence electrons. The molecule has 1 atom stereocenters. The fraction of sp³-hybridized carbons (Fsp3) is 0.412. The highest BCUT2D eigenvalue weighted by molar-refractivity contribution is 7.09. The van der Waals surface area contributed by atoms with E-state index in [0.717, 1.165) is 53.7 Å². The summed E-state index contributed by atoms with van der Waals surface area (Å²) in [5.41, 5.74) is 1.97. The molecular formula is C17H19N5OS2. The molecule has 4 heterocycles. The Balaban J connectivity index is 1.42. The van der Waals surface area contributed by atoms with Crippen LogP contribution in [0, 0.1) is 6.92 Å². The largest absolute Gasteiger partial charge is 0.353 e. The summed E-state index contributed by atoms with van der Waals surface area (Å²) in [4.78, 5) is 16.8. The highest BCUT2D eigenvalue weighted by atomic mass is 32.1. The van der Waals surface area contributed by atoms with Crippen LogP contribution in [0.5, 0.6) is 0 Å². The van der Waals surface area contributed by atoms with Crippen molar-refractivity contribution in [3.63, 3.8) is 0 Å². The van der Waals surface area contributed by atoms with E-state index in [4.69, 9.17) is 0 Å². The minimum Gasteiger partial charge on any atom is -0.353 e. The molecule has 1 amide bonds. The third-order valence-corrected chi connectivity index (χ3v) is 5.91. The van der Waals surface area contributed by atoms with Gasteiger partial charge in [0.05, 0.1) is 11.4 Å². The van der Waals surface area contributed by atoms with Crippen LogP contribution >= 0.6 is 22.7 Å². The van der Waals surface area contributed by atoms with E-state index in [0.29, 0.717) is 6.42 Å². The Labute approximate surface area is 153 Å². The molecular weight excluding hydrogens is 354 g/mol. The summed E-state index contributed by atoms with van der Waals surface area (Å²) >= 11 is 3.24. The van der Waals surface area contributed by atoms with E-state index in [2.05, 4.69) is 25.1 Å². The van der Waals surface area contributed by atoms with Gasteiger partial charge in [-0.2, -0.15) is 11.3 Å². The van der Waals surface area contributed by atoms with Crippen molar-refractivity contribution in [2.45, 2.75) is 45.2 Å². The summed E-state index contributed by atoms with van der Waals surface area (Å²) in [6.45, 7) is 2.80. The Morgan fingerprint density at radius 2 is 2.28 bits per heavy atom. The minimum atomic E-state index is 0.0939. The van der Waals surface area contributed by atoms with E-state index in [1.807, 2.05) is 29.1 Å². The van der Waals surface area contributed by atoms with Crippen molar-refractivity contribution in [1.29, 1.82) is 0 Å². The number of carbonyl (C=O) groups excluding carboxylic acids is 1. The first-order valence-corrected chi connectivity index (χ1v) is 10.2. The smallest absolute Gasteiger partial charge is 0.224 e. The molecule has 3 aromatic rings. The van der Waals surface area contributed by atoms with Crippen molar-refractivity contribution in [2.75, 3.05) is 0 Å². The maximum atomic E-state index is 12.2. The lowest BCUT2D eigenvalue weighted by molar-refractivity contribution is -0.121. The normalized spacial score (nSPS) is 17.1. The Morgan fingerprint density at radius 3 is 3.04 bits per heavy atom. The molecule has 0 saturated heterocycles. The summed E-state index contributed by atoms with van der Waals surface area (Å²) in [5, 5.41) is 18.9. The van der Waals surface area contributed by atoms with Crippen LogP contribution in [-0.4, -0.2) is 31.7 Å². The zero-order valence-corrected chi connectivity index (χ0v) is 15.6. The third kappa shape index (κ3) is 3.64. The van der Waals surface area contributed by atoms with E-state index in [-0.39, 0.29) is 11.9 Å². The van der Waals surface area contributed by atoms with Crippen LogP contribution in [0.1, 0.15) is 29.2 Å². The van der Waals surface area contributed by atoms with Gasteiger partial charge in [-0.15, -0.1) is 21.5 Å². The van der Waals surface area contributed by atoms with Crippen molar-refractivity contribution in [3.8, 4) is 11.5 Å². The van der Waals surface area contributed by atoms with Crippen molar-refractivity contribution in [2.24, 2.45) is 0 Å². The summed E-state index contributed by atoms with van der Waals surface area (Å²) in [5.74, 6) is 1.91. The molecule has 0 fully saturated rings. The van der Waals surface area contributed by atoms with Gasteiger partial charge in [0.25, 0.3) is 0 Å². The first-order valence-electron chi connectivity index (χ1n) is 8.34. The molecule has 1 N–H and O–H groups in total. The fourth-order valence-corrected chi connectivity index (χ4v) is 4.41. The Kier molecular flexibility index (Phi) is 4.63. The summed E-state index contributed by atoms with van der Waals surface area (Å²) in [6, 6.07) is 2.18. The molecule has 0 spiro atoms. The van der Waals surface area contributed by atoms with Crippen molar-refractivity contribution in [1.82, 2.24) is 25.1 Å². The monoisotopic (exact) mass is 373 g/mol. The van der Waals surface area contributed by atoms with Crippen LogP contribution in [0.15, 0.2) is 22.2 Å². The van der Waals surface area contributed by atoms with Crippen molar-refractivity contribution < 1.29 is 4.79 Å². The Hall–Kier alpha value is -2.06. The summed E-state index contributed by atoms with van der Waals surface area (Å²) < 4.78 is 2.15. The van der Waals surface area contributed by atoms with Crippen LogP contribution in [-0.2, 0) is 24.2 Å². The summed E-state index contributed by atoms with van der Waals surface area (Å²) in [7, 11) is 0. The average Bonchev–Trinajstić information content (AvgIpc) is 3.29.